The SMILES string of the molecule is NCCNC(=O)C(F)(F)Cl. The molecule has 0 aliphatic rings. The number of hydrogen-bond acceptors (Lipinski definition) is 2. The Morgan fingerprint density at radius 2 is 2.20 bits per heavy atom. The van der Waals surface area contributed by atoms with Gasteiger partial charge in [-0.05, 0) is 11.6 Å². The van der Waals surface area contributed by atoms with E-state index in [1.807, 2.05) is 5.32 Å². The van der Waals surface area contributed by atoms with Crippen LogP contribution in [0.3, 0.4) is 0 Å². The highest BCUT2D eigenvalue weighted by Gasteiger charge is 2.34. The van der Waals surface area contributed by atoms with Crippen LogP contribution in [0.5, 0.6) is 0 Å². The van der Waals surface area contributed by atoms with Crippen molar-refractivity contribution in [3.8, 4) is 0 Å². The third kappa shape index (κ3) is 3.58. The number of nitrogens with two attached hydrogens (primary N) is 1. The van der Waals surface area contributed by atoms with E-state index < -0.39 is 11.3 Å². The topological polar surface area (TPSA) is 55.1 Å². The largest absolute Gasteiger partial charge is 0.399 e. The van der Waals surface area contributed by atoms with Crippen LogP contribution in [0.1, 0.15) is 0 Å². The number of alkyl halides is 3. The molecule has 3 nitrogen and oxygen atoms in total. The van der Waals surface area contributed by atoms with Crippen molar-refractivity contribution in [1.29, 1.82) is 0 Å². The second kappa shape index (κ2) is 3.68. The molecular formula is C4H7ClF2N2O. The Balaban J connectivity index is 3.64. The van der Waals surface area contributed by atoms with Crippen LogP contribution in [0.25, 0.3) is 0 Å². The third-order valence-corrected chi connectivity index (χ3v) is 0.859. The molecule has 0 aliphatic heterocycles. The van der Waals surface area contributed by atoms with E-state index in [0.717, 1.165) is 0 Å². The number of nitrogens with one attached hydrogen (secondary N) is 1. The highest BCUT2D eigenvalue weighted by atomic mass is 35.5. The average Bonchev–Trinajstić information content (AvgIpc) is 1.80. The second-order valence-corrected chi connectivity index (χ2v) is 2.02. The zero-order valence-electron chi connectivity index (χ0n) is 5.03. The van der Waals surface area contributed by atoms with E-state index >= 15 is 0 Å². The third-order valence-electron chi connectivity index (χ3n) is 0.687. The molecule has 0 aromatic heterocycles. The van der Waals surface area contributed by atoms with Gasteiger partial charge in [0.2, 0.25) is 0 Å². The van der Waals surface area contributed by atoms with Crippen molar-refractivity contribution < 1.29 is 13.6 Å². The maximum absolute atomic E-state index is 11.8. The van der Waals surface area contributed by atoms with Crippen molar-refractivity contribution in [2.45, 2.75) is 5.38 Å². The number of carbonyl (C=O) groups excluding carboxylic acids is 1. The summed E-state index contributed by atoms with van der Waals surface area (Å²) in [5, 5.41) is -2.00. The Labute approximate surface area is 61.5 Å². The summed E-state index contributed by atoms with van der Waals surface area (Å²) in [6, 6.07) is 0. The van der Waals surface area contributed by atoms with E-state index in [4.69, 9.17) is 5.73 Å². The Morgan fingerprint density at radius 1 is 1.70 bits per heavy atom. The first-order valence-electron chi connectivity index (χ1n) is 2.53. The number of amides is 1. The van der Waals surface area contributed by atoms with Gasteiger partial charge in [0, 0.05) is 13.1 Å². The first-order valence-corrected chi connectivity index (χ1v) is 2.91. The molecule has 0 spiro atoms. The van der Waals surface area contributed by atoms with Gasteiger partial charge in [-0.25, -0.2) is 0 Å². The number of rotatable bonds is 3. The standard InChI is InChI=1S/C4H7ClF2N2O/c5-4(6,7)3(10)9-2-1-8/h1-2,8H2,(H,9,10). The first-order chi connectivity index (χ1) is 4.48. The Bertz CT molecular complexity index is 125. The van der Waals surface area contributed by atoms with Crippen LogP contribution >= 0.6 is 11.6 Å². The summed E-state index contributed by atoms with van der Waals surface area (Å²) in [4.78, 5) is 10.2. The monoisotopic (exact) mass is 172 g/mol. The van der Waals surface area contributed by atoms with Crippen LogP contribution in [0.4, 0.5) is 8.78 Å². The van der Waals surface area contributed by atoms with Crippen LogP contribution < -0.4 is 11.1 Å². The lowest BCUT2D eigenvalue weighted by Crippen LogP contribution is -2.38. The Hall–Kier alpha value is -0.420. The van der Waals surface area contributed by atoms with Crippen LogP contribution in [0.15, 0.2) is 0 Å². The van der Waals surface area contributed by atoms with Crippen LogP contribution in [0.2, 0.25) is 0 Å². The minimum Gasteiger partial charge on any atom is -0.348 e. The maximum atomic E-state index is 11.8. The number of hydrogen-bond donors (Lipinski definition) is 2. The second-order valence-electron chi connectivity index (χ2n) is 1.54. The number of halogens is 3. The molecule has 60 valence electrons. The van der Waals surface area contributed by atoms with Crippen molar-refractivity contribution in [2.24, 2.45) is 5.73 Å². The fraction of sp³-hybridized carbons (Fsp3) is 0.750. The molecule has 6 heteroatoms. The summed E-state index contributed by atoms with van der Waals surface area (Å²) in [6.07, 6.45) is 0. The van der Waals surface area contributed by atoms with Crippen molar-refractivity contribution in [1.82, 2.24) is 5.32 Å². The molecule has 10 heavy (non-hydrogen) atoms. The highest BCUT2D eigenvalue weighted by molar-refractivity contribution is 6.32. The molecule has 0 aromatic rings. The summed E-state index contributed by atoms with van der Waals surface area (Å²) < 4.78 is 23.5. The van der Waals surface area contributed by atoms with Crippen LogP contribution in [-0.2, 0) is 4.79 Å². The molecule has 3 N–H and O–H groups in total. The molecule has 0 aliphatic carbocycles. The van der Waals surface area contributed by atoms with Crippen molar-refractivity contribution in [3.63, 3.8) is 0 Å². The summed E-state index contributed by atoms with van der Waals surface area (Å²) in [5.74, 6) is -1.51. The fourth-order valence-electron chi connectivity index (χ4n) is 0.286. The zero-order chi connectivity index (χ0) is 8.20. The Kier molecular flexibility index (Phi) is 3.52. The van der Waals surface area contributed by atoms with Gasteiger partial charge in [-0.2, -0.15) is 8.78 Å². The molecule has 0 rings (SSSR count). The Morgan fingerprint density at radius 3 is 2.50 bits per heavy atom. The van der Waals surface area contributed by atoms with Gasteiger partial charge in [0.15, 0.2) is 0 Å². The van der Waals surface area contributed by atoms with Gasteiger partial charge in [-0.3, -0.25) is 4.79 Å². The molecule has 0 atom stereocenters. The van der Waals surface area contributed by atoms with E-state index in [1.165, 1.54) is 0 Å². The average molecular weight is 173 g/mol. The van der Waals surface area contributed by atoms with Crippen molar-refractivity contribution in [2.75, 3.05) is 13.1 Å². The first kappa shape index (κ1) is 9.58. The molecule has 0 bridgehead atoms. The quantitative estimate of drug-likeness (QED) is 0.584. The summed E-state index contributed by atoms with van der Waals surface area (Å²) in [6.45, 7) is 0.111. The molecular weight excluding hydrogens is 166 g/mol. The predicted octanol–water partition coefficient (Wildman–Crippen LogP) is -0.107. The molecule has 0 saturated heterocycles. The van der Waals surface area contributed by atoms with Gasteiger partial charge in [0.05, 0.1) is 0 Å². The van der Waals surface area contributed by atoms with Gasteiger partial charge in [0.1, 0.15) is 0 Å². The molecule has 0 unspecified atom stereocenters. The maximum Gasteiger partial charge on any atom is 0.399 e. The lowest BCUT2D eigenvalue weighted by Gasteiger charge is -2.06. The van der Waals surface area contributed by atoms with E-state index in [-0.39, 0.29) is 13.1 Å². The lowest BCUT2D eigenvalue weighted by molar-refractivity contribution is -0.135. The molecule has 0 radical (unpaired) electrons. The molecule has 1 amide bonds. The smallest absolute Gasteiger partial charge is 0.348 e. The molecule has 0 fully saturated rings. The van der Waals surface area contributed by atoms with Gasteiger partial charge in [0.25, 0.3) is 0 Å². The van der Waals surface area contributed by atoms with Gasteiger partial charge in [-0.15, -0.1) is 0 Å². The van der Waals surface area contributed by atoms with Gasteiger partial charge in [-0.1, -0.05) is 0 Å². The lowest BCUT2D eigenvalue weighted by atomic mass is 10.5. The van der Waals surface area contributed by atoms with Crippen LogP contribution in [0, 0.1) is 0 Å². The normalized spacial score (nSPS) is 11.2. The van der Waals surface area contributed by atoms with Crippen molar-refractivity contribution in [3.05, 3.63) is 0 Å². The fourth-order valence-corrected chi connectivity index (χ4v) is 0.353. The molecule has 0 aromatic carbocycles. The van der Waals surface area contributed by atoms with Crippen LogP contribution in [-0.4, -0.2) is 24.4 Å². The minimum absolute atomic E-state index is 0.00113. The summed E-state index contributed by atoms with van der Waals surface area (Å²) >= 11 is 4.33. The van der Waals surface area contributed by atoms with Crippen molar-refractivity contribution >= 4 is 17.5 Å². The number of carbonyl (C=O) groups is 1. The summed E-state index contributed by atoms with van der Waals surface area (Å²) in [7, 11) is 0. The van der Waals surface area contributed by atoms with Gasteiger partial charge >= 0.3 is 11.3 Å². The van der Waals surface area contributed by atoms with E-state index in [9.17, 15) is 13.6 Å². The zero-order valence-corrected chi connectivity index (χ0v) is 5.79. The van der Waals surface area contributed by atoms with E-state index in [2.05, 4.69) is 11.6 Å². The molecule has 0 saturated carbocycles. The van der Waals surface area contributed by atoms with Gasteiger partial charge < -0.3 is 11.1 Å². The highest BCUT2D eigenvalue weighted by Crippen LogP contribution is 2.17. The summed E-state index contributed by atoms with van der Waals surface area (Å²) in [5.41, 5.74) is 4.92. The molecule has 0 heterocycles. The minimum atomic E-state index is -3.82. The van der Waals surface area contributed by atoms with E-state index in [1.54, 1.807) is 0 Å². The van der Waals surface area contributed by atoms with E-state index in [0.29, 0.717) is 0 Å². The predicted molar refractivity (Wildman–Crippen MR) is 32.9 cm³/mol.